The highest BCUT2D eigenvalue weighted by Crippen LogP contribution is 2.54. The summed E-state index contributed by atoms with van der Waals surface area (Å²) in [5.74, 6) is 0.872. The van der Waals surface area contributed by atoms with E-state index in [0.717, 1.165) is 70.4 Å². The molecule has 0 radical (unpaired) electrons. The van der Waals surface area contributed by atoms with E-state index >= 15 is 0 Å². The molecular formula is C27H31ClIN5O. The van der Waals surface area contributed by atoms with Gasteiger partial charge in [0.05, 0.1) is 22.5 Å². The second kappa shape index (κ2) is 10.2. The van der Waals surface area contributed by atoms with E-state index in [9.17, 15) is 4.79 Å². The number of rotatable bonds is 4. The topological polar surface area (TPSA) is 70.1 Å². The highest BCUT2D eigenvalue weighted by molar-refractivity contribution is 14.1. The number of hydrogen-bond donors (Lipinski definition) is 2. The van der Waals surface area contributed by atoms with Crippen molar-refractivity contribution < 1.29 is 4.79 Å². The second-order valence-electron chi connectivity index (χ2n) is 10.1. The number of benzene rings is 1. The number of fused-ring (bicyclic) bond motifs is 1. The Morgan fingerprint density at radius 1 is 1.09 bits per heavy atom. The summed E-state index contributed by atoms with van der Waals surface area (Å²) in [6.45, 7) is 4.03. The van der Waals surface area contributed by atoms with Gasteiger partial charge in [0, 0.05) is 34.2 Å². The van der Waals surface area contributed by atoms with Gasteiger partial charge in [-0.25, -0.2) is 4.98 Å². The van der Waals surface area contributed by atoms with Gasteiger partial charge in [0.15, 0.2) is 0 Å². The predicted molar refractivity (Wildman–Crippen MR) is 152 cm³/mol. The molecule has 6 rings (SSSR count). The minimum atomic E-state index is -0.0925. The fraction of sp³-hybridized carbons (Fsp3) is 0.444. The molecule has 3 aliphatic rings. The summed E-state index contributed by atoms with van der Waals surface area (Å²) in [6, 6.07) is 12.1. The third kappa shape index (κ3) is 5.13. The van der Waals surface area contributed by atoms with Crippen LogP contribution in [0.4, 0.5) is 11.5 Å². The van der Waals surface area contributed by atoms with E-state index in [1.54, 1.807) is 0 Å². The number of nitrogens with zero attached hydrogens (tertiary/aromatic N) is 3. The predicted octanol–water partition coefficient (Wildman–Crippen LogP) is 5.76. The Balaban J connectivity index is 0.00000253. The van der Waals surface area contributed by atoms with Crippen molar-refractivity contribution in [3.63, 3.8) is 0 Å². The number of halogens is 2. The third-order valence-electron chi connectivity index (χ3n) is 7.91. The summed E-state index contributed by atoms with van der Waals surface area (Å²) in [4.78, 5) is 25.5. The fourth-order valence-corrected chi connectivity index (χ4v) is 6.07. The Morgan fingerprint density at radius 2 is 1.86 bits per heavy atom. The maximum Gasteiger partial charge on any atom is 0.258 e. The molecule has 35 heavy (non-hydrogen) atoms. The van der Waals surface area contributed by atoms with Gasteiger partial charge < -0.3 is 15.5 Å². The van der Waals surface area contributed by atoms with Crippen LogP contribution < -0.4 is 15.5 Å². The quantitative estimate of drug-likeness (QED) is 0.372. The number of aromatic nitrogens is 2. The molecule has 2 saturated heterocycles. The number of pyridine rings is 2. The summed E-state index contributed by atoms with van der Waals surface area (Å²) in [7, 11) is 0. The molecule has 3 aromatic rings. The molecule has 3 fully saturated rings. The van der Waals surface area contributed by atoms with E-state index in [1.807, 2.05) is 30.5 Å². The molecule has 2 aliphatic heterocycles. The average Bonchev–Trinajstić information content (AvgIpc) is 3.63. The van der Waals surface area contributed by atoms with Crippen LogP contribution in [0.3, 0.4) is 0 Å². The van der Waals surface area contributed by atoms with Gasteiger partial charge in [-0.15, -0.1) is 12.4 Å². The zero-order chi connectivity index (χ0) is 23.1. The molecule has 2 N–H and O–H groups in total. The van der Waals surface area contributed by atoms with E-state index in [-0.39, 0.29) is 18.3 Å². The van der Waals surface area contributed by atoms with Crippen LogP contribution in [0.15, 0.2) is 42.6 Å². The Labute approximate surface area is 226 Å². The number of piperidine rings is 2. The number of anilines is 2. The molecule has 0 atom stereocenters. The van der Waals surface area contributed by atoms with Crippen LogP contribution >= 0.6 is 35.0 Å². The Hall–Kier alpha value is -1.97. The zero-order valence-corrected chi connectivity index (χ0v) is 22.7. The minimum Gasteiger partial charge on any atom is -0.371 e. The first-order valence-electron chi connectivity index (χ1n) is 12.4. The number of carbonyl (C=O) groups is 1. The molecule has 4 heterocycles. The van der Waals surface area contributed by atoms with Crippen LogP contribution in [0.1, 0.15) is 60.5 Å². The molecule has 1 spiro atoms. The molecule has 184 valence electrons. The first kappa shape index (κ1) is 24.7. The lowest BCUT2D eigenvalue weighted by Crippen LogP contribution is -2.35. The number of nitrogens with one attached hydrogen (secondary N) is 2. The summed E-state index contributed by atoms with van der Waals surface area (Å²) < 4.78 is 1.15. The highest BCUT2D eigenvalue weighted by atomic mass is 127. The van der Waals surface area contributed by atoms with Gasteiger partial charge in [-0.05, 0) is 110 Å². The third-order valence-corrected chi connectivity index (χ3v) is 8.58. The van der Waals surface area contributed by atoms with Crippen LogP contribution in [-0.2, 0) is 0 Å². The van der Waals surface area contributed by atoms with Crippen molar-refractivity contribution in [2.45, 2.75) is 44.4 Å². The Morgan fingerprint density at radius 3 is 2.60 bits per heavy atom. The van der Waals surface area contributed by atoms with Gasteiger partial charge in [0.25, 0.3) is 5.91 Å². The Bertz CT molecular complexity index is 1230. The molecule has 1 aliphatic carbocycles. The summed E-state index contributed by atoms with van der Waals surface area (Å²) >= 11 is 2.34. The maximum atomic E-state index is 13.5. The second-order valence-corrected chi connectivity index (χ2v) is 11.3. The SMILES string of the molecule is Cl.O=C(Nc1cc2cccnc2c(C2CCNCC2)n1)c1ccc(I)cc1N1CCC2(CC1)CC2. The van der Waals surface area contributed by atoms with Crippen LogP contribution in [-0.4, -0.2) is 42.1 Å². The summed E-state index contributed by atoms with van der Waals surface area (Å²) in [6.07, 6.45) is 9.12. The van der Waals surface area contributed by atoms with Crippen molar-refractivity contribution in [1.82, 2.24) is 15.3 Å². The summed E-state index contributed by atoms with van der Waals surface area (Å²) in [5.41, 5.74) is 4.33. The number of amides is 1. The summed E-state index contributed by atoms with van der Waals surface area (Å²) in [5, 5.41) is 7.59. The van der Waals surface area contributed by atoms with Crippen LogP contribution in [0.25, 0.3) is 10.9 Å². The Kier molecular flexibility index (Phi) is 7.19. The highest BCUT2D eigenvalue weighted by Gasteiger charge is 2.44. The van der Waals surface area contributed by atoms with E-state index < -0.39 is 0 Å². The molecule has 1 amide bonds. The van der Waals surface area contributed by atoms with Gasteiger partial charge >= 0.3 is 0 Å². The molecule has 6 nitrogen and oxygen atoms in total. The largest absolute Gasteiger partial charge is 0.371 e. The van der Waals surface area contributed by atoms with E-state index in [2.05, 4.69) is 55.2 Å². The molecule has 1 aromatic carbocycles. The fourth-order valence-electron chi connectivity index (χ4n) is 5.60. The number of hydrogen-bond acceptors (Lipinski definition) is 5. The van der Waals surface area contributed by atoms with Crippen molar-refractivity contribution in [1.29, 1.82) is 0 Å². The molecule has 8 heteroatoms. The standard InChI is InChI=1S/C27H30IN5O.ClH/c28-20-3-4-21(22(17-20)33-14-9-27(7-8-27)10-15-33)26(34)32-23-16-19-2-1-11-30-24(19)25(31-23)18-5-12-29-13-6-18;/h1-4,11,16-18,29H,5-10,12-15H2,(H,31,32,34);1H. The first-order valence-corrected chi connectivity index (χ1v) is 13.5. The molecular weight excluding hydrogens is 573 g/mol. The average molecular weight is 604 g/mol. The number of carbonyl (C=O) groups excluding carboxylic acids is 1. The van der Waals surface area contributed by atoms with Gasteiger partial charge in [-0.2, -0.15) is 0 Å². The zero-order valence-electron chi connectivity index (χ0n) is 19.7. The van der Waals surface area contributed by atoms with Gasteiger partial charge in [-0.3, -0.25) is 9.78 Å². The minimum absolute atomic E-state index is 0. The van der Waals surface area contributed by atoms with Crippen molar-refractivity contribution in [3.05, 3.63) is 57.4 Å². The monoisotopic (exact) mass is 603 g/mol. The van der Waals surface area contributed by atoms with Gasteiger partial charge in [0.1, 0.15) is 5.82 Å². The van der Waals surface area contributed by atoms with E-state index in [4.69, 9.17) is 4.98 Å². The lowest BCUT2D eigenvalue weighted by atomic mass is 9.92. The molecule has 0 bridgehead atoms. The normalized spacial score (nSPS) is 19.4. The first-order chi connectivity index (χ1) is 16.6. The van der Waals surface area contributed by atoms with Crippen molar-refractivity contribution in [2.24, 2.45) is 5.41 Å². The smallest absolute Gasteiger partial charge is 0.258 e. The molecule has 0 unspecified atom stereocenters. The lowest BCUT2D eigenvalue weighted by Gasteiger charge is -2.35. The van der Waals surface area contributed by atoms with Crippen molar-refractivity contribution >= 4 is 63.3 Å². The van der Waals surface area contributed by atoms with Crippen molar-refractivity contribution in [3.8, 4) is 0 Å². The van der Waals surface area contributed by atoms with E-state index in [1.165, 1.54) is 25.7 Å². The molecule has 1 saturated carbocycles. The van der Waals surface area contributed by atoms with Crippen LogP contribution in [0.2, 0.25) is 0 Å². The van der Waals surface area contributed by atoms with Crippen LogP contribution in [0, 0.1) is 8.99 Å². The maximum absolute atomic E-state index is 13.5. The van der Waals surface area contributed by atoms with E-state index in [0.29, 0.717) is 17.2 Å². The van der Waals surface area contributed by atoms with Gasteiger partial charge in [0.2, 0.25) is 0 Å². The van der Waals surface area contributed by atoms with Gasteiger partial charge in [-0.1, -0.05) is 6.07 Å². The van der Waals surface area contributed by atoms with Crippen molar-refractivity contribution in [2.75, 3.05) is 36.4 Å². The lowest BCUT2D eigenvalue weighted by molar-refractivity contribution is 0.102. The van der Waals surface area contributed by atoms with Crippen LogP contribution in [0.5, 0.6) is 0 Å². The molecule has 2 aromatic heterocycles.